The van der Waals surface area contributed by atoms with Gasteiger partial charge in [-0.2, -0.15) is 0 Å². The second-order valence-electron chi connectivity index (χ2n) is 6.14. The van der Waals surface area contributed by atoms with Gasteiger partial charge in [0, 0.05) is 10.6 Å². The van der Waals surface area contributed by atoms with Gasteiger partial charge in [-0.3, -0.25) is 0 Å². The zero-order chi connectivity index (χ0) is 17.4. The molecule has 1 aliphatic rings. The van der Waals surface area contributed by atoms with Gasteiger partial charge in [0.05, 0.1) is 17.7 Å². The molecule has 1 aliphatic carbocycles. The van der Waals surface area contributed by atoms with Gasteiger partial charge in [0.25, 0.3) is 0 Å². The summed E-state index contributed by atoms with van der Waals surface area (Å²) in [5.74, 6) is 1.97. The number of oxazole rings is 1. The third-order valence-corrected chi connectivity index (χ3v) is 5.22. The summed E-state index contributed by atoms with van der Waals surface area (Å²) in [4.78, 5) is 4.56. The van der Waals surface area contributed by atoms with Crippen molar-refractivity contribution in [3.05, 3.63) is 39.8 Å². The molecule has 0 bridgehead atoms. The van der Waals surface area contributed by atoms with E-state index in [-0.39, 0.29) is 6.10 Å². The second-order valence-corrected chi connectivity index (χ2v) is 7.44. The van der Waals surface area contributed by atoms with Crippen LogP contribution in [0.15, 0.2) is 39.2 Å². The molecule has 3 aromatic rings. The van der Waals surface area contributed by atoms with E-state index in [0.717, 1.165) is 34.4 Å². The predicted molar refractivity (Wildman–Crippen MR) is 102 cm³/mol. The quantitative estimate of drug-likeness (QED) is 0.499. The topological polar surface area (TPSA) is 44.5 Å². The van der Waals surface area contributed by atoms with E-state index < -0.39 is 0 Å². The number of aromatic nitrogens is 1. The van der Waals surface area contributed by atoms with Crippen LogP contribution < -0.4 is 9.47 Å². The molecule has 0 radical (unpaired) electrons. The van der Waals surface area contributed by atoms with Crippen LogP contribution in [0.25, 0.3) is 22.6 Å². The maximum atomic E-state index is 6.15. The summed E-state index contributed by atoms with van der Waals surface area (Å²) in [5, 5.41) is 0.610. The first-order valence-corrected chi connectivity index (χ1v) is 9.42. The molecule has 1 aromatic heterocycles. The lowest BCUT2D eigenvalue weighted by atomic mass is 10.2. The Morgan fingerprint density at radius 1 is 1.16 bits per heavy atom. The standard InChI is InChI=1S/C19H17BrClNO3/c1-23-16-7-6-11(8-17(16)24-13-4-2-3-5-13)19-22-15-10-12(21)9-14(20)18(15)25-19/h6-10,13H,2-5H2,1H3. The first-order valence-electron chi connectivity index (χ1n) is 8.24. The van der Waals surface area contributed by atoms with Crippen molar-refractivity contribution >= 4 is 38.6 Å². The Bertz CT molecular complexity index is 918. The van der Waals surface area contributed by atoms with Crippen molar-refractivity contribution in [2.75, 3.05) is 7.11 Å². The third kappa shape index (κ3) is 3.35. The van der Waals surface area contributed by atoms with Crippen LogP contribution in [0, 0.1) is 0 Å². The maximum absolute atomic E-state index is 6.15. The monoisotopic (exact) mass is 421 g/mol. The lowest BCUT2D eigenvalue weighted by Gasteiger charge is -2.16. The summed E-state index contributed by atoms with van der Waals surface area (Å²) in [6.07, 6.45) is 4.85. The molecule has 2 aromatic carbocycles. The minimum Gasteiger partial charge on any atom is -0.493 e. The molecule has 1 fully saturated rings. The number of benzene rings is 2. The number of hydrogen-bond donors (Lipinski definition) is 0. The first-order chi connectivity index (χ1) is 12.1. The molecule has 0 aliphatic heterocycles. The molecule has 0 saturated heterocycles. The Morgan fingerprint density at radius 2 is 1.96 bits per heavy atom. The Hall–Kier alpha value is -1.72. The molecule has 130 valence electrons. The molecule has 0 amide bonds. The van der Waals surface area contributed by atoms with E-state index in [9.17, 15) is 0 Å². The molecule has 1 saturated carbocycles. The van der Waals surface area contributed by atoms with Crippen LogP contribution in [0.2, 0.25) is 5.02 Å². The van der Waals surface area contributed by atoms with Gasteiger partial charge >= 0.3 is 0 Å². The van der Waals surface area contributed by atoms with Crippen molar-refractivity contribution in [1.82, 2.24) is 4.98 Å². The lowest BCUT2D eigenvalue weighted by Crippen LogP contribution is -2.11. The SMILES string of the molecule is COc1ccc(-c2nc3cc(Cl)cc(Br)c3o2)cc1OC1CCCC1. The predicted octanol–water partition coefficient (Wildman–Crippen LogP) is 6.24. The Kier molecular flexibility index (Phi) is 4.61. The van der Waals surface area contributed by atoms with E-state index in [2.05, 4.69) is 20.9 Å². The highest BCUT2D eigenvalue weighted by atomic mass is 79.9. The van der Waals surface area contributed by atoms with Crippen molar-refractivity contribution in [3.63, 3.8) is 0 Å². The Morgan fingerprint density at radius 3 is 2.72 bits per heavy atom. The van der Waals surface area contributed by atoms with Crippen LogP contribution in [0.4, 0.5) is 0 Å². The Labute approximate surface area is 159 Å². The summed E-state index contributed by atoms with van der Waals surface area (Å²) in [5.41, 5.74) is 2.23. The van der Waals surface area contributed by atoms with E-state index in [1.165, 1.54) is 12.8 Å². The number of methoxy groups -OCH3 is 1. The molecule has 4 rings (SSSR count). The van der Waals surface area contributed by atoms with Gasteiger partial charge in [-0.05, 0) is 71.9 Å². The fourth-order valence-electron chi connectivity index (χ4n) is 3.17. The fourth-order valence-corrected chi connectivity index (χ4v) is 4.05. The van der Waals surface area contributed by atoms with Gasteiger partial charge in [0.15, 0.2) is 17.1 Å². The van der Waals surface area contributed by atoms with Gasteiger partial charge in [-0.15, -0.1) is 0 Å². The molecule has 4 nitrogen and oxygen atoms in total. The smallest absolute Gasteiger partial charge is 0.227 e. The fraction of sp³-hybridized carbons (Fsp3) is 0.316. The summed E-state index contributed by atoms with van der Waals surface area (Å²) in [6.45, 7) is 0. The number of nitrogens with zero attached hydrogens (tertiary/aromatic N) is 1. The molecule has 0 N–H and O–H groups in total. The van der Waals surface area contributed by atoms with E-state index in [1.54, 1.807) is 19.2 Å². The molecule has 6 heteroatoms. The number of fused-ring (bicyclic) bond motifs is 1. The number of ether oxygens (including phenoxy) is 2. The normalized spacial score (nSPS) is 15.0. The van der Waals surface area contributed by atoms with Gasteiger partial charge in [-0.1, -0.05) is 11.6 Å². The zero-order valence-electron chi connectivity index (χ0n) is 13.7. The van der Waals surface area contributed by atoms with Gasteiger partial charge < -0.3 is 13.9 Å². The van der Waals surface area contributed by atoms with E-state index in [1.807, 2.05) is 18.2 Å². The highest BCUT2D eigenvalue weighted by Gasteiger charge is 2.20. The minimum atomic E-state index is 0.251. The largest absolute Gasteiger partial charge is 0.493 e. The minimum absolute atomic E-state index is 0.251. The van der Waals surface area contributed by atoms with Crippen LogP contribution in [-0.4, -0.2) is 18.2 Å². The van der Waals surface area contributed by atoms with Crippen LogP contribution in [0.5, 0.6) is 11.5 Å². The van der Waals surface area contributed by atoms with Crippen LogP contribution in [0.3, 0.4) is 0 Å². The zero-order valence-corrected chi connectivity index (χ0v) is 16.1. The highest BCUT2D eigenvalue weighted by Crippen LogP contribution is 2.37. The van der Waals surface area contributed by atoms with E-state index in [0.29, 0.717) is 22.0 Å². The van der Waals surface area contributed by atoms with Crippen molar-refractivity contribution in [1.29, 1.82) is 0 Å². The van der Waals surface area contributed by atoms with Crippen molar-refractivity contribution < 1.29 is 13.9 Å². The molecular formula is C19H17BrClNO3. The maximum Gasteiger partial charge on any atom is 0.227 e. The summed E-state index contributed by atoms with van der Waals surface area (Å²) in [7, 11) is 1.65. The van der Waals surface area contributed by atoms with Crippen LogP contribution in [-0.2, 0) is 0 Å². The molecule has 0 unspecified atom stereocenters. The molecule has 1 heterocycles. The van der Waals surface area contributed by atoms with Crippen LogP contribution >= 0.6 is 27.5 Å². The second kappa shape index (κ2) is 6.89. The van der Waals surface area contributed by atoms with Crippen molar-refractivity contribution in [3.8, 4) is 23.0 Å². The molecular weight excluding hydrogens is 406 g/mol. The summed E-state index contributed by atoms with van der Waals surface area (Å²) in [6, 6.07) is 9.31. The van der Waals surface area contributed by atoms with Crippen molar-refractivity contribution in [2.45, 2.75) is 31.8 Å². The molecule has 0 spiro atoms. The summed E-state index contributed by atoms with van der Waals surface area (Å²) >= 11 is 9.56. The van der Waals surface area contributed by atoms with Crippen molar-refractivity contribution in [2.24, 2.45) is 0 Å². The van der Waals surface area contributed by atoms with Gasteiger partial charge in [0.2, 0.25) is 5.89 Å². The Balaban J connectivity index is 1.73. The average Bonchev–Trinajstić information content (AvgIpc) is 3.24. The number of halogens is 2. The average molecular weight is 423 g/mol. The molecule has 25 heavy (non-hydrogen) atoms. The number of rotatable bonds is 4. The van der Waals surface area contributed by atoms with E-state index in [4.69, 9.17) is 25.5 Å². The lowest BCUT2D eigenvalue weighted by molar-refractivity contribution is 0.201. The van der Waals surface area contributed by atoms with Gasteiger partial charge in [-0.25, -0.2) is 4.98 Å². The third-order valence-electron chi connectivity index (χ3n) is 4.42. The van der Waals surface area contributed by atoms with E-state index >= 15 is 0 Å². The number of hydrogen-bond acceptors (Lipinski definition) is 4. The van der Waals surface area contributed by atoms with Crippen LogP contribution in [0.1, 0.15) is 25.7 Å². The highest BCUT2D eigenvalue weighted by molar-refractivity contribution is 9.10. The van der Waals surface area contributed by atoms with Gasteiger partial charge in [0.1, 0.15) is 5.52 Å². The summed E-state index contributed by atoms with van der Waals surface area (Å²) < 4.78 is 18.3. The molecule has 0 atom stereocenters. The first kappa shape index (κ1) is 16.7.